The first-order valence-corrected chi connectivity index (χ1v) is 4.44. The molecule has 72 valence electrons. The van der Waals surface area contributed by atoms with Gasteiger partial charge in [0.15, 0.2) is 0 Å². The highest BCUT2D eigenvalue weighted by atomic mass is 14.6. The third-order valence-electron chi connectivity index (χ3n) is 2.14. The molecule has 1 aromatic rings. The minimum atomic E-state index is 0.148. The van der Waals surface area contributed by atoms with Gasteiger partial charge in [0.1, 0.15) is 0 Å². The van der Waals surface area contributed by atoms with Gasteiger partial charge in [0.05, 0.1) is 0 Å². The average molecular weight is 177 g/mol. The maximum Gasteiger partial charge on any atom is 0.0268 e. The SMILES string of the molecule is C=C.Cc1cccc(C(C)N)c1C. The number of hydrogen-bond donors (Lipinski definition) is 1. The van der Waals surface area contributed by atoms with Crippen molar-refractivity contribution in [2.75, 3.05) is 0 Å². The van der Waals surface area contributed by atoms with Gasteiger partial charge >= 0.3 is 0 Å². The molecule has 0 saturated carbocycles. The second-order valence-corrected chi connectivity index (χ2v) is 3.08. The molecule has 0 radical (unpaired) electrons. The minimum absolute atomic E-state index is 0.148. The van der Waals surface area contributed by atoms with E-state index in [-0.39, 0.29) is 6.04 Å². The van der Waals surface area contributed by atoms with Crippen molar-refractivity contribution in [1.29, 1.82) is 0 Å². The third kappa shape index (κ3) is 3.03. The molecule has 0 bridgehead atoms. The van der Waals surface area contributed by atoms with E-state index in [4.69, 9.17) is 5.73 Å². The van der Waals surface area contributed by atoms with Gasteiger partial charge < -0.3 is 5.73 Å². The van der Waals surface area contributed by atoms with Gasteiger partial charge in [-0.15, -0.1) is 13.2 Å². The first-order chi connectivity index (χ1) is 6.13. The topological polar surface area (TPSA) is 26.0 Å². The maximum absolute atomic E-state index is 5.78. The van der Waals surface area contributed by atoms with Crippen molar-refractivity contribution in [1.82, 2.24) is 0 Å². The zero-order valence-corrected chi connectivity index (χ0v) is 8.80. The van der Waals surface area contributed by atoms with Crippen LogP contribution in [0.4, 0.5) is 0 Å². The van der Waals surface area contributed by atoms with E-state index < -0.39 is 0 Å². The van der Waals surface area contributed by atoms with Crippen LogP contribution in [0.25, 0.3) is 0 Å². The Balaban J connectivity index is 0.000000671. The van der Waals surface area contributed by atoms with Gasteiger partial charge in [0.2, 0.25) is 0 Å². The van der Waals surface area contributed by atoms with Crippen molar-refractivity contribution in [3.8, 4) is 0 Å². The first-order valence-electron chi connectivity index (χ1n) is 4.44. The van der Waals surface area contributed by atoms with E-state index in [1.807, 2.05) is 6.92 Å². The number of aryl methyl sites for hydroxylation is 1. The van der Waals surface area contributed by atoms with Gasteiger partial charge in [-0.3, -0.25) is 0 Å². The molecule has 0 aliphatic heterocycles. The lowest BCUT2D eigenvalue weighted by molar-refractivity contribution is 0.808. The van der Waals surface area contributed by atoms with E-state index in [9.17, 15) is 0 Å². The molecule has 0 fully saturated rings. The smallest absolute Gasteiger partial charge is 0.0268 e. The van der Waals surface area contributed by atoms with Crippen LogP contribution in [0.5, 0.6) is 0 Å². The Morgan fingerprint density at radius 2 is 1.77 bits per heavy atom. The van der Waals surface area contributed by atoms with Crippen molar-refractivity contribution < 1.29 is 0 Å². The molecule has 0 amide bonds. The Hall–Kier alpha value is -1.08. The van der Waals surface area contributed by atoms with E-state index in [1.54, 1.807) is 0 Å². The highest BCUT2D eigenvalue weighted by Crippen LogP contribution is 2.17. The molecule has 2 N–H and O–H groups in total. The fourth-order valence-corrected chi connectivity index (χ4v) is 1.27. The molecule has 0 spiro atoms. The molecule has 1 atom stereocenters. The normalized spacial score (nSPS) is 11.4. The van der Waals surface area contributed by atoms with Gasteiger partial charge in [-0.25, -0.2) is 0 Å². The summed E-state index contributed by atoms with van der Waals surface area (Å²) in [5, 5.41) is 0. The standard InChI is InChI=1S/C10H15N.C2H4/c1-7-5-4-6-10(8(7)2)9(3)11;1-2/h4-6,9H,11H2,1-3H3;1-2H2. The van der Waals surface area contributed by atoms with E-state index in [2.05, 4.69) is 45.2 Å². The Morgan fingerprint density at radius 1 is 1.23 bits per heavy atom. The predicted molar refractivity (Wildman–Crippen MR) is 59.8 cm³/mol. The summed E-state index contributed by atoms with van der Waals surface area (Å²) < 4.78 is 0. The van der Waals surface area contributed by atoms with Crippen LogP contribution in [0.15, 0.2) is 31.4 Å². The molecule has 1 rings (SSSR count). The predicted octanol–water partition coefficient (Wildman–Crippen LogP) is 3.13. The molecule has 1 unspecified atom stereocenters. The highest BCUT2D eigenvalue weighted by molar-refractivity contribution is 5.34. The van der Waals surface area contributed by atoms with Crippen LogP contribution in [0.1, 0.15) is 29.7 Å². The average Bonchev–Trinajstić information content (AvgIpc) is 2.13. The van der Waals surface area contributed by atoms with E-state index in [0.717, 1.165) is 0 Å². The molecule has 0 aliphatic carbocycles. The Labute approximate surface area is 81.3 Å². The van der Waals surface area contributed by atoms with E-state index in [1.165, 1.54) is 16.7 Å². The van der Waals surface area contributed by atoms with Crippen LogP contribution < -0.4 is 5.73 Å². The van der Waals surface area contributed by atoms with Crippen molar-refractivity contribution in [2.45, 2.75) is 26.8 Å². The van der Waals surface area contributed by atoms with Crippen LogP contribution in [-0.2, 0) is 0 Å². The molecule has 0 heterocycles. The number of rotatable bonds is 1. The van der Waals surface area contributed by atoms with Crippen LogP contribution in [0.3, 0.4) is 0 Å². The largest absolute Gasteiger partial charge is 0.324 e. The zero-order chi connectivity index (χ0) is 10.4. The van der Waals surface area contributed by atoms with Gasteiger partial charge in [0, 0.05) is 6.04 Å². The minimum Gasteiger partial charge on any atom is -0.324 e. The first kappa shape index (κ1) is 11.9. The second kappa shape index (κ2) is 5.55. The number of benzene rings is 1. The molecule has 1 aromatic carbocycles. The molecular weight excluding hydrogens is 158 g/mol. The summed E-state index contributed by atoms with van der Waals surface area (Å²) >= 11 is 0. The lowest BCUT2D eigenvalue weighted by Gasteiger charge is -2.10. The number of hydrogen-bond acceptors (Lipinski definition) is 1. The van der Waals surface area contributed by atoms with Crippen LogP contribution in [0.2, 0.25) is 0 Å². The molecule has 13 heavy (non-hydrogen) atoms. The van der Waals surface area contributed by atoms with Crippen LogP contribution in [-0.4, -0.2) is 0 Å². The zero-order valence-electron chi connectivity index (χ0n) is 8.80. The van der Waals surface area contributed by atoms with Crippen LogP contribution >= 0.6 is 0 Å². The summed E-state index contributed by atoms with van der Waals surface area (Å²) in [4.78, 5) is 0. The van der Waals surface area contributed by atoms with Gasteiger partial charge in [0.25, 0.3) is 0 Å². The lowest BCUT2D eigenvalue weighted by atomic mass is 9.99. The van der Waals surface area contributed by atoms with Crippen molar-refractivity contribution >= 4 is 0 Å². The summed E-state index contributed by atoms with van der Waals surface area (Å²) in [6.07, 6.45) is 0. The van der Waals surface area contributed by atoms with Crippen molar-refractivity contribution in [3.05, 3.63) is 48.0 Å². The molecule has 1 nitrogen and oxygen atoms in total. The van der Waals surface area contributed by atoms with E-state index >= 15 is 0 Å². The quantitative estimate of drug-likeness (QED) is 0.655. The summed E-state index contributed by atoms with van der Waals surface area (Å²) in [5.74, 6) is 0. The lowest BCUT2D eigenvalue weighted by Crippen LogP contribution is -2.07. The monoisotopic (exact) mass is 177 g/mol. The number of nitrogens with two attached hydrogens (primary N) is 1. The second-order valence-electron chi connectivity index (χ2n) is 3.08. The third-order valence-corrected chi connectivity index (χ3v) is 2.14. The highest BCUT2D eigenvalue weighted by Gasteiger charge is 2.03. The van der Waals surface area contributed by atoms with Crippen molar-refractivity contribution in [2.24, 2.45) is 5.73 Å². The van der Waals surface area contributed by atoms with Crippen molar-refractivity contribution in [3.63, 3.8) is 0 Å². The summed E-state index contributed by atoms with van der Waals surface area (Å²) in [6, 6.07) is 6.41. The molecule has 1 heteroatoms. The Kier molecular flexibility index (Phi) is 5.09. The molecule has 0 aromatic heterocycles. The maximum atomic E-state index is 5.78. The fraction of sp³-hybridized carbons (Fsp3) is 0.333. The molecule has 0 aliphatic rings. The summed E-state index contributed by atoms with van der Waals surface area (Å²) in [6.45, 7) is 12.2. The van der Waals surface area contributed by atoms with Gasteiger partial charge in [-0.2, -0.15) is 0 Å². The van der Waals surface area contributed by atoms with E-state index in [0.29, 0.717) is 0 Å². The van der Waals surface area contributed by atoms with Gasteiger partial charge in [-0.1, -0.05) is 18.2 Å². The Bertz CT molecular complexity index is 264. The molecular formula is C12H19N. The summed E-state index contributed by atoms with van der Waals surface area (Å²) in [7, 11) is 0. The summed E-state index contributed by atoms with van der Waals surface area (Å²) in [5.41, 5.74) is 9.68. The van der Waals surface area contributed by atoms with Crippen LogP contribution in [0, 0.1) is 13.8 Å². The fourth-order valence-electron chi connectivity index (χ4n) is 1.27. The Morgan fingerprint density at radius 3 is 2.15 bits per heavy atom. The molecule has 0 saturated heterocycles. The van der Waals surface area contributed by atoms with Gasteiger partial charge in [-0.05, 0) is 37.5 Å².